The van der Waals surface area contributed by atoms with Crippen LogP contribution < -0.4 is 0 Å². The molecule has 0 aliphatic rings. The minimum absolute atomic E-state index is 0.0930. The highest BCUT2D eigenvalue weighted by Gasteiger charge is 2.26. The Hall–Kier alpha value is -7.16. The van der Waals surface area contributed by atoms with E-state index in [0.29, 0.717) is 0 Å². The topological polar surface area (TPSA) is 26.3 Å². The van der Waals surface area contributed by atoms with Crippen molar-refractivity contribution in [2.45, 2.75) is 80.1 Å². The van der Waals surface area contributed by atoms with E-state index >= 15 is 0 Å². The van der Waals surface area contributed by atoms with Crippen molar-refractivity contribution in [1.82, 2.24) is 0 Å². The SMILES string of the molecule is Cc1cc(-c2cc3c4oc5ccccc5c4cc4c(-c5ccc(-c6ccc(C(C)(C)C)cc6C)c(C)c5)cc5c6oc7ccccc7c6cc2c5c43)ccc1-c1ccc(C(C)(C)C)cc1C. The molecule has 322 valence electrons. The highest BCUT2D eigenvalue weighted by molar-refractivity contribution is 6.38. The average molecular weight is 855 g/mol. The van der Waals surface area contributed by atoms with Gasteiger partial charge in [-0.3, -0.25) is 0 Å². The second-order valence-corrected chi connectivity index (χ2v) is 21.1. The summed E-state index contributed by atoms with van der Waals surface area (Å²) in [5, 5.41) is 11.6. The zero-order valence-electron chi connectivity index (χ0n) is 39.7. The van der Waals surface area contributed by atoms with Crippen molar-refractivity contribution in [2.75, 3.05) is 0 Å². The molecule has 2 heteroatoms. The fourth-order valence-corrected chi connectivity index (χ4v) is 11.1. The van der Waals surface area contributed by atoms with E-state index in [4.69, 9.17) is 8.83 Å². The van der Waals surface area contributed by atoms with Crippen LogP contribution in [0, 0.1) is 27.7 Å². The molecule has 2 aromatic heterocycles. The zero-order valence-corrected chi connectivity index (χ0v) is 39.7. The van der Waals surface area contributed by atoms with Crippen LogP contribution in [0.1, 0.15) is 74.9 Å². The van der Waals surface area contributed by atoms with E-state index in [1.165, 1.54) is 99.4 Å². The molecule has 0 radical (unpaired) electrons. The molecule has 2 heterocycles. The summed E-state index contributed by atoms with van der Waals surface area (Å²) in [7, 11) is 0. The third-order valence-electron chi connectivity index (χ3n) is 14.7. The Morgan fingerprint density at radius 3 is 1.03 bits per heavy atom. The second-order valence-electron chi connectivity index (χ2n) is 21.1. The summed E-state index contributed by atoms with van der Waals surface area (Å²) in [4.78, 5) is 0. The third-order valence-corrected chi connectivity index (χ3v) is 14.7. The van der Waals surface area contributed by atoms with Crippen LogP contribution in [0.15, 0.2) is 154 Å². The van der Waals surface area contributed by atoms with Gasteiger partial charge in [0.25, 0.3) is 0 Å². The van der Waals surface area contributed by atoms with Gasteiger partial charge in [-0.05, 0) is 164 Å². The van der Waals surface area contributed by atoms with Crippen LogP contribution >= 0.6 is 0 Å². The highest BCUT2D eigenvalue weighted by Crippen LogP contribution is 2.51. The number of para-hydroxylation sites is 2. The standard InChI is InChI=1S/C64H54O2/c1-35-27-39(19-23-43(35)45-25-21-41(29-37(45)3)63(5,6)7)49-31-55-60-52(34-54-48-16-12-14-18-58(48)65-61(54)55)50(32-56-59(60)51(49)33-53-47-15-11-13-17-57(47)66-62(53)56)40-20-24-44(36(2)28-40)46-26-22-42(30-38(46)4)64(8,9)10/h11-34H,1-10H3. The van der Waals surface area contributed by atoms with E-state index in [-0.39, 0.29) is 10.8 Å². The molecular weight excluding hydrogens is 801 g/mol. The fraction of sp³-hybridized carbons (Fsp3) is 0.188. The Morgan fingerprint density at radius 2 is 0.667 bits per heavy atom. The van der Waals surface area contributed by atoms with Crippen LogP contribution in [-0.2, 0) is 10.8 Å². The summed E-state index contributed by atoms with van der Waals surface area (Å²) in [5.41, 5.74) is 21.4. The van der Waals surface area contributed by atoms with Crippen LogP contribution in [0.4, 0.5) is 0 Å². The van der Waals surface area contributed by atoms with Crippen molar-refractivity contribution in [3.05, 3.63) is 179 Å². The molecule has 12 aromatic rings. The van der Waals surface area contributed by atoms with Crippen molar-refractivity contribution in [2.24, 2.45) is 0 Å². The summed E-state index contributed by atoms with van der Waals surface area (Å²) in [5.74, 6) is 0. The lowest BCUT2D eigenvalue weighted by molar-refractivity contribution is 0.589. The van der Waals surface area contributed by atoms with Gasteiger partial charge >= 0.3 is 0 Å². The Morgan fingerprint density at radius 1 is 0.303 bits per heavy atom. The molecule has 0 saturated heterocycles. The van der Waals surface area contributed by atoms with Crippen LogP contribution in [0.25, 0.3) is 121 Å². The van der Waals surface area contributed by atoms with Crippen molar-refractivity contribution in [3.8, 4) is 44.5 Å². The minimum Gasteiger partial charge on any atom is -0.455 e. The van der Waals surface area contributed by atoms with Crippen LogP contribution in [0.5, 0.6) is 0 Å². The van der Waals surface area contributed by atoms with Crippen molar-refractivity contribution in [3.63, 3.8) is 0 Å². The van der Waals surface area contributed by atoms with E-state index in [2.05, 4.69) is 215 Å². The fourth-order valence-electron chi connectivity index (χ4n) is 11.1. The Labute approximate surface area is 386 Å². The van der Waals surface area contributed by atoms with Crippen molar-refractivity contribution in [1.29, 1.82) is 0 Å². The van der Waals surface area contributed by atoms with Gasteiger partial charge in [-0.15, -0.1) is 0 Å². The number of fused-ring (bicyclic) bond motifs is 8. The number of benzene rings is 10. The van der Waals surface area contributed by atoms with E-state index in [1.54, 1.807) is 0 Å². The lowest BCUT2D eigenvalue weighted by atomic mass is 9.82. The highest BCUT2D eigenvalue weighted by atomic mass is 16.3. The van der Waals surface area contributed by atoms with Gasteiger partial charge in [0.1, 0.15) is 22.3 Å². The molecule has 0 N–H and O–H groups in total. The molecule has 0 aliphatic heterocycles. The molecule has 0 fully saturated rings. The van der Waals surface area contributed by atoms with Crippen LogP contribution in [0.2, 0.25) is 0 Å². The van der Waals surface area contributed by atoms with Gasteiger partial charge in [0, 0.05) is 43.1 Å². The van der Waals surface area contributed by atoms with Gasteiger partial charge in [0.15, 0.2) is 0 Å². The molecule has 2 nitrogen and oxygen atoms in total. The molecular formula is C64H54O2. The quantitative estimate of drug-likeness (QED) is 0.165. The second kappa shape index (κ2) is 14.2. The summed E-state index contributed by atoms with van der Waals surface area (Å²) in [6, 6.07) is 54.6. The molecule has 10 aromatic carbocycles. The smallest absolute Gasteiger partial charge is 0.143 e. The maximum absolute atomic E-state index is 6.93. The van der Waals surface area contributed by atoms with Crippen LogP contribution in [0.3, 0.4) is 0 Å². The van der Waals surface area contributed by atoms with Crippen molar-refractivity contribution >= 4 is 76.2 Å². The molecule has 0 spiro atoms. The summed E-state index contributed by atoms with van der Waals surface area (Å²) >= 11 is 0. The average Bonchev–Trinajstić information content (AvgIpc) is 3.86. The predicted molar refractivity (Wildman–Crippen MR) is 283 cm³/mol. The third kappa shape index (κ3) is 6.07. The maximum Gasteiger partial charge on any atom is 0.143 e. The molecule has 0 aliphatic carbocycles. The molecule has 0 saturated carbocycles. The van der Waals surface area contributed by atoms with Gasteiger partial charge < -0.3 is 8.83 Å². The Balaban J connectivity index is 1.15. The minimum atomic E-state index is 0.0930. The van der Waals surface area contributed by atoms with Crippen molar-refractivity contribution < 1.29 is 8.83 Å². The zero-order chi connectivity index (χ0) is 45.6. The lowest BCUT2D eigenvalue weighted by Crippen LogP contribution is -2.11. The van der Waals surface area contributed by atoms with Crippen LogP contribution in [-0.4, -0.2) is 0 Å². The monoisotopic (exact) mass is 854 g/mol. The molecule has 0 amide bonds. The van der Waals surface area contributed by atoms with E-state index in [1.807, 2.05) is 0 Å². The van der Waals surface area contributed by atoms with Gasteiger partial charge in [-0.1, -0.05) is 151 Å². The number of aryl methyl sites for hydroxylation is 4. The molecule has 66 heavy (non-hydrogen) atoms. The molecule has 12 rings (SSSR count). The number of furan rings is 2. The Bertz CT molecular complexity index is 3720. The first-order chi connectivity index (χ1) is 31.6. The maximum atomic E-state index is 6.93. The van der Waals surface area contributed by atoms with E-state index in [9.17, 15) is 0 Å². The number of hydrogen-bond acceptors (Lipinski definition) is 2. The molecule has 0 atom stereocenters. The predicted octanol–water partition coefficient (Wildman–Crippen LogP) is 18.9. The normalized spacial score (nSPS) is 12.7. The first-order valence-electron chi connectivity index (χ1n) is 23.5. The molecule has 0 bridgehead atoms. The van der Waals surface area contributed by atoms with E-state index in [0.717, 1.165) is 54.6 Å². The summed E-state index contributed by atoms with van der Waals surface area (Å²) in [6.45, 7) is 22.7. The van der Waals surface area contributed by atoms with Gasteiger partial charge in [0.2, 0.25) is 0 Å². The summed E-state index contributed by atoms with van der Waals surface area (Å²) in [6.07, 6.45) is 0. The number of rotatable bonds is 4. The van der Waals surface area contributed by atoms with E-state index < -0.39 is 0 Å². The van der Waals surface area contributed by atoms with Gasteiger partial charge in [-0.25, -0.2) is 0 Å². The first-order valence-corrected chi connectivity index (χ1v) is 23.5. The summed E-state index contributed by atoms with van der Waals surface area (Å²) < 4.78 is 13.9. The lowest BCUT2D eigenvalue weighted by Gasteiger charge is -2.22. The number of hydrogen-bond donors (Lipinski definition) is 0. The Kier molecular flexibility index (Phi) is 8.66. The van der Waals surface area contributed by atoms with Gasteiger partial charge in [-0.2, -0.15) is 0 Å². The molecule has 0 unspecified atom stereocenters. The van der Waals surface area contributed by atoms with Gasteiger partial charge in [0.05, 0.1) is 0 Å². The first kappa shape index (κ1) is 40.4. The largest absolute Gasteiger partial charge is 0.455 e.